The van der Waals surface area contributed by atoms with E-state index < -0.39 is 0 Å². The second-order valence-electron chi connectivity index (χ2n) is 8.09. The molecule has 1 aliphatic heterocycles. The first-order valence-electron chi connectivity index (χ1n) is 11.3. The third kappa shape index (κ3) is 4.98. The summed E-state index contributed by atoms with van der Waals surface area (Å²) in [4.78, 5) is 21.3. The van der Waals surface area contributed by atoms with Gasteiger partial charge in [-0.25, -0.2) is 9.67 Å². The SMILES string of the molecule is O=C(NCCCN1CCOCC1)c1nn(Cc2ccccc2)c2nccc(-c3cccs3)c12. The van der Waals surface area contributed by atoms with Crippen molar-refractivity contribution in [1.82, 2.24) is 25.0 Å². The number of thiophene rings is 1. The first-order chi connectivity index (χ1) is 16.3. The summed E-state index contributed by atoms with van der Waals surface area (Å²) in [5.74, 6) is -0.153. The Labute approximate surface area is 197 Å². The van der Waals surface area contributed by atoms with Crippen molar-refractivity contribution >= 4 is 28.3 Å². The van der Waals surface area contributed by atoms with Crippen LogP contribution >= 0.6 is 11.3 Å². The molecule has 7 nitrogen and oxygen atoms in total. The molecule has 1 N–H and O–H groups in total. The number of benzene rings is 1. The van der Waals surface area contributed by atoms with Crippen LogP contribution in [0.3, 0.4) is 0 Å². The van der Waals surface area contributed by atoms with Gasteiger partial charge in [0, 0.05) is 36.3 Å². The molecule has 1 aromatic carbocycles. The van der Waals surface area contributed by atoms with Crippen LogP contribution in [0.25, 0.3) is 21.5 Å². The fraction of sp³-hybridized carbons (Fsp3) is 0.320. The summed E-state index contributed by atoms with van der Waals surface area (Å²) >= 11 is 1.65. The number of pyridine rings is 1. The summed E-state index contributed by atoms with van der Waals surface area (Å²) in [5.41, 5.74) is 3.27. The van der Waals surface area contributed by atoms with E-state index in [1.807, 2.05) is 40.4 Å². The molecule has 5 rings (SSSR count). The number of aromatic nitrogens is 3. The van der Waals surface area contributed by atoms with Crippen molar-refractivity contribution in [3.05, 3.63) is 71.4 Å². The predicted molar refractivity (Wildman–Crippen MR) is 131 cm³/mol. The molecule has 0 saturated carbocycles. The fourth-order valence-corrected chi connectivity index (χ4v) is 4.93. The minimum Gasteiger partial charge on any atom is -0.379 e. The molecule has 1 aliphatic rings. The molecule has 0 radical (unpaired) electrons. The Hall–Kier alpha value is -3.07. The molecule has 0 aliphatic carbocycles. The average molecular weight is 462 g/mol. The molecule has 4 aromatic rings. The van der Waals surface area contributed by atoms with Crippen LogP contribution in [0.5, 0.6) is 0 Å². The van der Waals surface area contributed by atoms with Gasteiger partial charge in [-0.3, -0.25) is 9.69 Å². The van der Waals surface area contributed by atoms with E-state index >= 15 is 0 Å². The molecule has 1 fully saturated rings. The Morgan fingerprint density at radius 3 is 2.73 bits per heavy atom. The van der Waals surface area contributed by atoms with Crippen molar-refractivity contribution in [1.29, 1.82) is 0 Å². The molecule has 1 saturated heterocycles. The van der Waals surface area contributed by atoms with Crippen molar-refractivity contribution in [3.8, 4) is 10.4 Å². The lowest BCUT2D eigenvalue weighted by atomic mass is 10.1. The van der Waals surface area contributed by atoms with E-state index in [0.29, 0.717) is 18.8 Å². The maximum absolute atomic E-state index is 13.3. The highest BCUT2D eigenvalue weighted by molar-refractivity contribution is 7.13. The Morgan fingerprint density at radius 1 is 1.09 bits per heavy atom. The zero-order valence-corrected chi connectivity index (χ0v) is 19.3. The zero-order chi connectivity index (χ0) is 22.5. The number of nitrogens with one attached hydrogen (secondary N) is 1. The van der Waals surface area contributed by atoms with Crippen molar-refractivity contribution in [2.24, 2.45) is 0 Å². The quantitative estimate of drug-likeness (QED) is 0.406. The van der Waals surface area contributed by atoms with Gasteiger partial charge < -0.3 is 10.1 Å². The number of nitrogens with zero attached hydrogens (tertiary/aromatic N) is 4. The Bertz CT molecular complexity index is 1200. The van der Waals surface area contributed by atoms with Crippen LogP contribution in [0, 0.1) is 0 Å². The van der Waals surface area contributed by atoms with Crippen LogP contribution in [0.4, 0.5) is 0 Å². The van der Waals surface area contributed by atoms with Gasteiger partial charge in [0.2, 0.25) is 0 Å². The summed E-state index contributed by atoms with van der Waals surface area (Å²) in [6.07, 6.45) is 2.69. The van der Waals surface area contributed by atoms with Crippen LogP contribution in [-0.4, -0.2) is 65.0 Å². The van der Waals surface area contributed by atoms with Gasteiger partial charge >= 0.3 is 0 Å². The highest BCUT2D eigenvalue weighted by Gasteiger charge is 2.22. The number of hydrogen-bond donors (Lipinski definition) is 1. The number of carbonyl (C=O) groups is 1. The van der Waals surface area contributed by atoms with Crippen LogP contribution in [-0.2, 0) is 11.3 Å². The number of hydrogen-bond acceptors (Lipinski definition) is 6. The highest BCUT2D eigenvalue weighted by atomic mass is 32.1. The Morgan fingerprint density at radius 2 is 1.94 bits per heavy atom. The zero-order valence-electron chi connectivity index (χ0n) is 18.4. The third-order valence-corrected chi connectivity index (χ3v) is 6.75. The minimum absolute atomic E-state index is 0.153. The standard InChI is InChI=1S/C25H27N5O2S/c31-25(27-10-5-12-29-13-15-32-16-14-29)23-22-20(21-8-4-17-33-21)9-11-26-24(22)30(28-23)18-19-6-2-1-3-7-19/h1-4,6-9,11,17H,5,10,12-16,18H2,(H,27,31). The molecule has 0 bridgehead atoms. The van der Waals surface area contributed by atoms with Crippen LogP contribution in [0.1, 0.15) is 22.5 Å². The lowest BCUT2D eigenvalue weighted by Gasteiger charge is -2.26. The van der Waals surface area contributed by atoms with Crippen LogP contribution in [0.15, 0.2) is 60.1 Å². The minimum atomic E-state index is -0.153. The fourth-order valence-electron chi connectivity index (χ4n) is 4.17. The highest BCUT2D eigenvalue weighted by Crippen LogP contribution is 2.33. The maximum atomic E-state index is 13.3. The number of ether oxygens (including phenoxy) is 1. The monoisotopic (exact) mass is 461 g/mol. The van der Waals surface area contributed by atoms with Gasteiger partial charge in [-0.2, -0.15) is 5.10 Å². The van der Waals surface area contributed by atoms with Gasteiger partial charge in [0.15, 0.2) is 11.3 Å². The maximum Gasteiger partial charge on any atom is 0.272 e. The molecule has 33 heavy (non-hydrogen) atoms. The first kappa shape index (κ1) is 21.8. The van der Waals surface area contributed by atoms with E-state index in [-0.39, 0.29) is 5.91 Å². The van der Waals surface area contributed by atoms with E-state index in [1.165, 1.54) is 0 Å². The molecule has 8 heteroatoms. The Kier molecular flexibility index (Phi) is 6.76. The van der Waals surface area contributed by atoms with Gasteiger partial charge in [0.05, 0.1) is 25.1 Å². The lowest BCUT2D eigenvalue weighted by molar-refractivity contribution is 0.0374. The second kappa shape index (κ2) is 10.2. The van der Waals surface area contributed by atoms with E-state index in [9.17, 15) is 4.79 Å². The topological polar surface area (TPSA) is 72.3 Å². The summed E-state index contributed by atoms with van der Waals surface area (Å²) in [5, 5.41) is 10.7. The lowest BCUT2D eigenvalue weighted by Crippen LogP contribution is -2.38. The number of carbonyl (C=O) groups excluding carboxylic acids is 1. The van der Waals surface area contributed by atoms with E-state index in [2.05, 4.69) is 33.4 Å². The van der Waals surface area contributed by atoms with Crippen molar-refractivity contribution < 1.29 is 9.53 Å². The summed E-state index contributed by atoms with van der Waals surface area (Å²) in [7, 11) is 0. The summed E-state index contributed by atoms with van der Waals surface area (Å²) < 4.78 is 7.24. The molecule has 170 valence electrons. The molecule has 0 atom stereocenters. The average Bonchev–Trinajstić information content (AvgIpc) is 3.52. The molecular weight excluding hydrogens is 434 g/mol. The number of morpholine rings is 1. The molecule has 0 unspecified atom stereocenters. The Balaban J connectivity index is 1.40. The van der Waals surface area contributed by atoms with Crippen LogP contribution in [0.2, 0.25) is 0 Å². The smallest absolute Gasteiger partial charge is 0.272 e. The molecule has 3 aromatic heterocycles. The normalized spacial score (nSPS) is 14.5. The summed E-state index contributed by atoms with van der Waals surface area (Å²) in [6, 6.07) is 16.2. The van der Waals surface area contributed by atoms with E-state index in [0.717, 1.165) is 66.3 Å². The largest absolute Gasteiger partial charge is 0.379 e. The number of rotatable bonds is 8. The van der Waals surface area contributed by atoms with Gasteiger partial charge in [0.25, 0.3) is 5.91 Å². The first-order valence-corrected chi connectivity index (χ1v) is 12.2. The van der Waals surface area contributed by atoms with Crippen molar-refractivity contribution in [3.63, 3.8) is 0 Å². The second-order valence-corrected chi connectivity index (χ2v) is 9.04. The summed E-state index contributed by atoms with van der Waals surface area (Å²) in [6.45, 7) is 5.61. The van der Waals surface area contributed by atoms with Crippen molar-refractivity contribution in [2.45, 2.75) is 13.0 Å². The van der Waals surface area contributed by atoms with E-state index in [1.54, 1.807) is 17.5 Å². The number of fused-ring (bicyclic) bond motifs is 1. The van der Waals surface area contributed by atoms with Gasteiger partial charge in [-0.1, -0.05) is 36.4 Å². The molecule has 0 spiro atoms. The van der Waals surface area contributed by atoms with Gasteiger partial charge in [-0.05, 0) is 36.0 Å². The molecule has 1 amide bonds. The van der Waals surface area contributed by atoms with Crippen LogP contribution < -0.4 is 5.32 Å². The van der Waals surface area contributed by atoms with Gasteiger partial charge in [-0.15, -0.1) is 11.3 Å². The third-order valence-electron chi connectivity index (χ3n) is 5.85. The van der Waals surface area contributed by atoms with Crippen molar-refractivity contribution in [2.75, 3.05) is 39.4 Å². The number of amides is 1. The van der Waals surface area contributed by atoms with E-state index in [4.69, 9.17) is 9.84 Å². The van der Waals surface area contributed by atoms with Gasteiger partial charge in [0.1, 0.15) is 0 Å². The predicted octanol–water partition coefficient (Wildman–Crippen LogP) is 3.66. The molecule has 4 heterocycles. The molecular formula is C25H27N5O2S.